The number of hydrogen-bond donors (Lipinski definition) is 1. The summed E-state index contributed by atoms with van der Waals surface area (Å²) < 4.78 is 0.777. The van der Waals surface area contributed by atoms with Crippen LogP contribution >= 0.6 is 27.5 Å². The van der Waals surface area contributed by atoms with Crippen LogP contribution < -0.4 is 5.56 Å². The number of aromatic amines is 1. The third-order valence-electron chi connectivity index (χ3n) is 2.55. The summed E-state index contributed by atoms with van der Waals surface area (Å²) in [7, 11) is 0. The largest absolute Gasteiger partial charge is 0.307 e. The van der Waals surface area contributed by atoms with Gasteiger partial charge in [-0.25, -0.2) is 4.98 Å². The molecule has 1 aromatic carbocycles. The summed E-state index contributed by atoms with van der Waals surface area (Å²) >= 11 is 9.30. The van der Waals surface area contributed by atoms with Crippen molar-refractivity contribution < 1.29 is 0 Å². The number of nitrogens with one attached hydrogen (secondary N) is 1. The van der Waals surface area contributed by atoms with E-state index in [1.807, 2.05) is 26.0 Å². The lowest BCUT2D eigenvalue weighted by molar-refractivity contribution is 0.812. The minimum atomic E-state index is -0.144. The summed E-state index contributed by atoms with van der Waals surface area (Å²) in [5.41, 5.74) is 1.46. The molecule has 18 heavy (non-hydrogen) atoms. The normalized spacial score (nSPS) is 10.9. The van der Waals surface area contributed by atoms with E-state index in [2.05, 4.69) is 25.9 Å². The first-order chi connectivity index (χ1) is 8.47. The minimum Gasteiger partial charge on any atom is -0.307 e. The fourth-order valence-electron chi connectivity index (χ4n) is 1.55. The molecule has 3 nitrogen and oxygen atoms in total. The van der Waals surface area contributed by atoms with Crippen molar-refractivity contribution in [3.05, 3.63) is 49.8 Å². The van der Waals surface area contributed by atoms with Crippen LogP contribution in [0, 0.1) is 0 Å². The van der Waals surface area contributed by atoms with Crippen molar-refractivity contribution in [2.75, 3.05) is 0 Å². The van der Waals surface area contributed by atoms with Gasteiger partial charge < -0.3 is 4.98 Å². The Hall–Kier alpha value is -1.13. The summed E-state index contributed by atoms with van der Waals surface area (Å²) in [6, 6.07) is 6.96. The fourth-order valence-corrected chi connectivity index (χ4v) is 2.05. The number of halogens is 2. The number of benzene rings is 1. The van der Waals surface area contributed by atoms with Gasteiger partial charge in [-0.3, -0.25) is 4.79 Å². The van der Waals surface area contributed by atoms with E-state index >= 15 is 0 Å². The highest BCUT2D eigenvalue weighted by Gasteiger charge is 2.08. The van der Waals surface area contributed by atoms with Crippen LogP contribution in [0.25, 0.3) is 11.4 Å². The Labute approximate surface area is 118 Å². The maximum atomic E-state index is 11.6. The standard InChI is InChI=1S/C13H12BrClN2O/c1-7(2)11-6-12(18)17-13(16-11)8-3-4-10(15)9(14)5-8/h3-7H,1-2H3,(H,16,17,18). The topological polar surface area (TPSA) is 45.8 Å². The Morgan fingerprint density at radius 3 is 2.67 bits per heavy atom. The van der Waals surface area contributed by atoms with E-state index in [0.29, 0.717) is 10.8 Å². The molecule has 94 valence electrons. The van der Waals surface area contributed by atoms with Crippen LogP contribution in [0.4, 0.5) is 0 Å². The molecule has 0 fully saturated rings. The zero-order valence-electron chi connectivity index (χ0n) is 10.00. The molecule has 0 radical (unpaired) electrons. The van der Waals surface area contributed by atoms with Crippen LogP contribution in [-0.2, 0) is 0 Å². The predicted octanol–water partition coefficient (Wildman–Crippen LogP) is 3.98. The number of hydrogen-bond acceptors (Lipinski definition) is 2. The van der Waals surface area contributed by atoms with E-state index in [-0.39, 0.29) is 11.5 Å². The first-order valence-electron chi connectivity index (χ1n) is 5.54. The molecule has 0 saturated carbocycles. The van der Waals surface area contributed by atoms with Crippen LogP contribution in [0.2, 0.25) is 5.02 Å². The highest BCUT2D eigenvalue weighted by molar-refractivity contribution is 9.10. The number of aromatic nitrogens is 2. The minimum absolute atomic E-state index is 0.144. The maximum absolute atomic E-state index is 11.6. The van der Waals surface area contributed by atoms with Gasteiger partial charge in [-0.1, -0.05) is 25.4 Å². The van der Waals surface area contributed by atoms with Crippen molar-refractivity contribution in [2.24, 2.45) is 0 Å². The van der Waals surface area contributed by atoms with Crippen molar-refractivity contribution in [3.63, 3.8) is 0 Å². The van der Waals surface area contributed by atoms with Gasteiger partial charge in [0, 0.05) is 16.1 Å². The molecular weight excluding hydrogens is 316 g/mol. The molecule has 1 heterocycles. The van der Waals surface area contributed by atoms with Gasteiger partial charge >= 0.3 is 0 Å². The Morgan fingerprint density at radius 2 is 2.06 bits per heavy atom. The summed E-state index contributed by atoms with van der Waals surface area (Å²) in [5.74, 6) is 0.769. The molecule has 0 amide bonds. The van der Waals surface area contributed by atoms with Crippen LogP contribution in [0.15, 0.2) is 33.5 Å². The summed E-state index contributed by atoms with van der Waals surface area (Å²) in [4.78, 5) is 18.8. The predicted molar refractivity (Wildman–Crippen MR) is 77.1 cm³/mol. The zero-order valence-corrected chi connectivity index (χ0v) is 12.3. The van der Waals surface area contributed by atoms with E-state index < -0.39 is 0 Å². The SMILES string of the molecule is CC(C)c1cc(=O)[nH]c(-c2ccc(Cl)c(Br)c2)n1. The molecule has 2 aromatic rings. The molecule has 5 heteroatoms. The summed E-state index contributed by atoms with van der Waals surface area (Å²) in [5, 5.41) is 0.626. The maximum Gasteiger partial charge on any atom is 0.251 e. The molecule has 0 aliphatic heterocycles. The number of nitrogens with zero attached hydrogens (tertiary/aromatic N) is 1. The van der Waals surface area contributed by atoms with E-state index in [9.17, 15) is 4.79 Å². The number of H-pyrrole nitrogens is 1. The van der Waals surface area contributed by atoms with Gasteiger partial charge in [0.2, 0.25) is 0 Å². The van der Waals surface area contributed by atoms with Gasteiger partial charge in [-0.15, -0.1) is 0 Å². The van der Waals surface area contributed by atoms with Crippen molar-refractivity contribution >= 4 is 27.5 Å². The van der Waals surface area contributed by atoms with Crippen LogP contribution in [0.5, 0.6) is 0 Å². The monoisotopic (exact) mass is 326 g/mol. The zero-order chi connectivity index (χ0) is 13.3. The second-order valence-corrected chi connectivity index (χ2v) is 5.56. The fraction of sp³-hybridized carbons (Fsp3) is 0.231. The molecule has 0 bridgehead atoms. The van der Waals surface area contributed by atoms with Gasteiger partial charge in [0.15, 0.2) is 0 Å². The Morgan fingerprint density at radius 1 is 1.33 bits per heavy atom. The molecule has 0 saturated heterocycles. The Balaban J connectivity index is 2.56. The lowest BCUT2D eigenvalue weighted by atomic mass is 10.1. The van der Waals surface area contributed by atoms with Crippen molar-refractivity contribution in [2.45, 2.75) is 19.8 Å². The third kappa shape index (κ3) is 2.82. The van der Waals surface area contributed by atoms with Gasteiger partial charge in [0.25, 0.3) is 5.56 Å². The van der Waals surface area contributed by atoms with Crippen molar-refractivity contribution in [3.8, 4) is 11.4 Å². The molecule has 1 aromatic heterocycles. The smallest absolute Gasteiger partial charge is 0.251 e. The molecule has 2 rings (SSSR count). The first kappa shape index (κ1) is 13.3. The van der Waals surface area contributed by atoms with E-state index in [0.717, 1.165) is 15.7 Å². The summed E-state index contributed by atoms with van der Waals surface area (Å²) in [6.45, 7) is 4.01. The second-order valence-electron chi connectivity index (χ2n) is 4.30. The van der Waals surface area contributed by atoms with E-state index in [4.69, 9.17) is 11.6 Å². The molecular formula is C13H12BrClN2O. The van der Waals surface area contributed by atoms with Crippen LogP contribution in [-0.4, -0.2) is 9.97 Å². The van der Waals surface area contributed by atoms with Gasteiger partial charge in [0.05, 0.1) is 10.7 Å². The number of rotatable bonds is 2. The van der Waals surface area contributed by atoms with Crippen LogP contribution in [0.1, 0.15) is 25.5 Å². The average molecular weight is 328 g/mol. The van der Waals surface area contributed by atoms with Crippen LogP contribution in [0.3, 0.4) is 0 Å². The molecule has 1 N–H and O–H groups in total. The molecule has 0 unspecified atom stereocenters. The Bertz CT molecular complexity index is 637. The lowest BCUT2D eigenvalue weighted by Crippen LogP contribution is -2.11. The average Bonchev–Trinajstić information content (AvgIpc) is 2.31. The molecule has 0 aliphatic rings. The van der Waals surface area contributed by atoms with Gasteiger partial charge in [-0.2, -0.15) is 0 Å². The quantitative estimate of drug-likeness (QED) is 0.907. The highest BCUT2D eigenvalue weighted by atomic mass is 79.9. The first-order valence-corrected chi connectivity index (χ1v) is 6.71. The highest BCUT2D eigenvalue weighted by Crippen LogP contribution is 2.27. The molecule has 0 atom stereocenters. The lowest BCUT2D eigenvalue weighted by Gasteiger charge is -2.07. The van der Waals surface area contributed by atoms with E-state index in [1.165, 1.54) is 6.07 Å². The van der Waals surface area contributed by atoms with Crippen molar-refractivity contribution in [1.82, 2.24) is 9.97 Å². The van der Waals surface area contributed by atoms with Gasteiger partial charge in [-0.05, 0) is 40.0 Å². The second kappa shape index (κ2) is 5.24. The van der Waals surface area contributed by atoms with Gasteiger partial charge in [0.1, 0.15) is 5.82 Å². The summed E-state index contributed by atoms with van der Waals surface area (Å²) in [6.07, 6.45) is 0. The van der Waals surface area contributed by atoms with E-state index in [1.54, 1.807) is 6.07 Å². The third-order valence-corrected chi connectivity index (χ3v) is 3.76. The molecule has 0 spiro atoms. The van der Waals surface area contributed by atoms with Crippen molar-refractivity contribution in [1.29, 1.82) is 0 Å². The Kier molecular flexibility index (Phi) is 3.88. The molecule has 0 aliphatic carbocycles.